The van der Waals surface area contributed by atoms with Crippen molar-refractivity contribution in [1.82, 2.24) is 0 Å². The van der Waals surface area contributed by atoms with Crippen molar-refractivity contribution >= 4 is 17.4 Å². The maximum atomic E-state index is 11.3. The predicted molar refractivity (Wildman–Crippen MR) is 66.3 cm³/mol. The van der Waals surface area contributed by atoms with Crippen molar-refractivity contribution in [2.45, 2.75) is 39.0 Å². The van der Waals surface area contributed by atoms with Gasteiger partial charge >= 0.3 is 0 Å². The molecule has 0 heterocycles. The average Bonchev–Trinajstić information content (AvgIpc) is 2.26. The maximum absolute atomic E-state index is 11.3. The van der Waals surface area contributed by atoms with E-state index in [-0.39, 0.29) is 11.5 Å². The number of alkyl halides is 1. The number of aromatic hydroxyl groups is 1. The average molecular weight is 241 g/mol. The molecule has 0 bridgehead atoms. The highest BCUT2D eigenvalue weighted by Crippen LogP contribution is 2.29. The molecular weight excluding hydrogens is 224 g/mol. The van der Waals surface area contributed by atoms with Crippen LogP contribution in [0.3, 0.4) is 0 Å². The van der Waals surface area contributed by atoms with Gasteiger partial charge in [-0.3, -0.25) is 4.79 Å². The molecule has 0 saturated heterocycles. The topological polar surface area (TPSA) is 37.3 Å². The molecule has 0 unspecified atom stereocenters. The monoisotopic (exact) mass is 240 g/mol. The van der Waals surface area contributed by atoms with Crippen molar-refractivity contribution in [3.63, 3.8) is 0 Å². The molecule has 3 heteroatoms. The molecular formula is C13H17ClO2. The molecule has 1 aromatic rings. The molecule has 88 valence electrons. The van der Waals surface area contributed by atoms with Crippen molar-refractivity contribution in [3.05, 3.63) is 28.8 Å². The summed E-state index contributed by atoms with van der Waals surface area (Å²) >= 11 is 5.82. The summed E-state index contributed by atoms with van der Waals surface area (Å²) in [5.41, 5.74) is 2.13. The number of ketones is 1. The predicted octanol–water partition coefficient (Wildman–Crippen LogP) is 3.68. The van der Waals surface area contributed by atoms with Crippen LogP contribution in [0.4, 0.5) is 0 Å². The minimum absolute atomic E-state index is 0.110. The van der Waals surface area contributed by atoms with Crippen molar-refractivity contribution in [1.29, 1.82) is 0 Å². The minimum Gasteiger partial charge on any atom is -0.507 e. The maximum Gasteiger partial charge on any atom is 0.163 e. The smallest absolute Gasteiger partial charge is 0.163 e. The molecule has 0 fully saturated rings. The summed E-state index contributed by atoms with van der Waals surface area (Å²) in [5, 5.41) is 10.0. The van der Waals surface area contributed by atoms with Crippen molar-refractivity contribution in [2.24, 2.45) is 0 Å². The molecule has 0 aliphatic carbocycles. The third-order valence-corrected chi connectivity index (χ3v) is 2.97. The molecule has 16 heavy (non-hydrogen) atoms. The summed E-state index contributed by atoms with van der Waals surface area (Å²) in [6.45, 7) is 3.55. The number of hydrogen-bond donors (Lipinski definition) is 1. The van der Waals surface area contributed by atoms with Gasteiger partial charge in [0.2, 0.25) is 0 Å². The third kappa shape index (κ3) is 2.76. The first kappa shape index (κ1) is 13.0. The van der Waals surface area contributed by atoms with Crippen LogP contribution in [0.25, 0.3) is 0 Å². The van der Waals surface area contributed by atoms with Crippen LogP contribution in [0.5, 0.6) is 5.75 Å². The standard InChI is InChI=1S/C13H17ClO2/c1-3-4-5-12-10(8-14)6-7-11(9(2)15)13(12)16/h6-7,16H,3-5,8H2,1-2H3. The zero-order chi connectivity index (χ0) is 12.1. The number of Topliss-reactive ketones (excluding diaryl/α,β-unsaturated/α-hetero) is 1. The van der Waals surface area contributed by atoms with Crippen LogP contribution in [0, 0.1) is 0 Å². The third-order valence-electron chi connectivity index (χ3n) is 2.68. The summed E-state index contributed by atoms with van der Waals surface area (Å²) < 4.78 is 0. The summed E-state index contributed by atoms with van der Waals surface area (Å²) in [5.74, 6) is 0.362. The van der Waals surface area contributed by atoms with Crippen LogP contribution >= 0.6 is 11.6 Å². The molecule has 0 radical (unpaired) electrons. The molecule has 0 amide bonds. The highest BCUT2D eigenvalue weighted by Gasteiger charge is 2.14. The van der Waals surface area contributed by atoms with Crippen molar-refractivity contribution in [2.75, 3.05) is 0 Å². The fourth-order valence-electron chi connectivity index (χ4n) is 1.72. The van der Waals surface area contributed by atoms with Gasteiger partial charge < -0.3 is 5.11 Å². The zero-order valence-electron chi connectivity index (χ0n) is 9.72. The Kier molecular flexibility index (Phi) is 4.81. The Balaban J connectivity index is 3.17. The Bertz CT molecular complexity index is 386. The number of carbonyl (C=O) groups is 1. The second-order valence-electron chi connectivity index (χ2n) is 3.89. The fraction of sp³-hybridized carbons (Fsp3) is 0.462. The van der Waals surface area contributed by atoms with Crippen LogP contribution < -0.4 is 0 Å². The fourth-order valence-corrected chi connectivity index (χ4v) is 1.97. The van der Waals surface area contributed by atoms with E-state index in [1.54, 1.807) is 6.07 Å². The molecule has 0 aliphatic rings. The number of carbonyl (C=O) groups excluding carboxylic acids is 1. The van der Waals surface area contributed by atoms with Gasteiger partial charge in [0.05, 0.1) is 5.56 Å². The van der Waals surface area contributed by atoms with E-state index in [9.17, 15) is 9.90 Å². The van der Waals surface area contributed by atoms with E-state index < -0.39 is 0 Å². The van der Waals surface area contributed by atoms with Crippen molar-refractivity contribution < 1.29 is 9.90 Å². The number of unbranched alkanes of at least 4 members (excludes halogenated alkanes) is 1. The van der Waals surface area contributed by atoms with Gasteiger partial charge in [0.1, 0.15) is 5.75 Å². The Hall–Kier alpha value is -1.02. The first-order valence-electron chi connectivity index (χ1n) is 5.52. The van der Waals surface area contributed by atoms with Crippen LogP contribution in [-0.4, -0.2) is 10.9 Å². The van der Waals surface area contributed by atoms with Gasteiger partial charge in [0, 0.05) is 5.88 Å². The highest BCUT2D eigenvalue weighted by atomic mass is 35.5. The SMILES string of the molecule is CCCCc1c(CCl)ccc(C(C)=O)c1O. The second-order valence-corrected chi connectivity index (χ2v) is 4.16. The molecule has 0 saturated carbocycles. The molecule has 1 N–H and O–H groups in total. The van der Waals surface area contributed by atoms with E-state index in [1.165, 1.54) is 6.92 Å². The van der Waals surface area contributed by atoms with Crippen LogP contribution in [0.1, 0.15) is 48.2 Å². The van der Waals surface area contributed by atoms with Gasteiger partial charge in [-0.1, -0.05) is 19.4 Å². The molecule has 2 nitrogen and oxygen atoms in total. The van der Waals surface area contributed by atoms with Crippen LogP contribution in [0.2, 0.25) is 0 Å². The van der Waals surface area contributed by atoms with E-state index in [4.69, 9.17) is 11.6 Å². The van der Waals surface area contributed by atoms with E-state index in [1.807, 2.05) is 6.07 Å². The van der Waals surface area contributed by atoms with Gasteiger partial charge in [0.25, 0.3) is 0 Å². The van der Waals surface area contributed by atoms with Gasteiger partial charge in [0.15, 0.2) is 5.78 Å². The number of halogens is 1. The number of benzene rings is 1. The number of rotatable bonds is 5. The minimum atomic E-state index is -0.114. The summed E-state index contributed by atoms with van der Waals surface area (Å²) in [7, 11) is 0. The van der Waals surface area contributed by atoms with Crippen LogP contribution in [0.15, 0.2) is 12.1 Å². The lowest BCUT2D eigenvalue weighted by molar-refractivity contribution is 0.101. The van der Waals surface area contributed by atoms with Gasteiger partial charge in [-0.2, -0.15) is 0 Å². The molecule has 0 aliphatic heterocycles. The Morgan fingerprint density at radius 1 is 1.44 bits per heavy atom. The Morgan fingerprint density at radius 3 is 2.62 bits per heavy atom. The molecule has 0 spiro atoms. The lowest BCUT2D eigenvalue weighted by Crippen LogP contribution is -2.00. The first-order valence-corrected chi connectivity index (χ1v) is 6.05. The second kappa shape index (κ2) is 5.90. The molecule has 0 aromatic heterocycles. The lowest BCUT2D eigenvalue weighted by Gasteiger charge is -2.11. The van der Waals surface area contributed by atoms with E-state index in [2.05, 4.69) is 6.92 Å². The van der Waals surface area contributed by atoms with Crippen LogP contribution in [-0.2, 0) is 12.3 Å². The zero-order valence-corrected chi connectivity index (χ0v) is 10.5. The summed E-state index contributed by atoms with van der Waals surface area (Å²) in [4.78, 5) is 11.3. The van der Waals surface area contributed by atoms with E-state index in [0.717, 1.165) is 30.4 Å². The Morgan fingerprint density at radius 2 is 2.12 bits per heavy atom. The summed E-state index contributed by atoms with van der Waals surface area (Å²) in [6.07, 6.45) is 2.80. The normalized spacial score (nSPS) is 10.4. The molecule has 1 rings (SSSR count). The van der Waals surface area contributed by atoms with Gasteiger partial charge in [-0.25, -0.2) is 0 Å². The highest BCUT2D eigenvalue weighted by molar-refractivity contribution is 6.17. The van der Waals surface area contributed by atoms with Crippen molar-refractivity contribution in [3.8, 4) is 5.75 Å². The van der Waals surface area contributed by atoms with Gasteiger partial charge in [-0.05, 0) is 37.0 Å². The number of hydrogen-bond acceptors (Lipinski definition) is 2. The Labute approximate surface area is 101 Å². The van der Waals surface area contributed by atoms with Gasteiger partial charge in [-0.15, -0.1) is 11.6 Å². The quantitative estimate of drug-likeness (QED) is 0.630. The van der Waals surface area contributed by atoms with E-state index in [0.29, 0.717) is 11.4 Å². The first-order chi connectivity index (χ1) is 7.61. The lowest BCUT2D eigenvalue weighted by atomic mass is 9.97. The largest absolute Gasteiger partial charge is 0.507 e. The molecule has 0 atom stereocenters. The van der Waals surface area contributed by atoms with E-state index >= 15 is 0 Å². The molecule has 1 aromatic carbocycles. The number of phenols is 1. The number of phenolic OH excluding ortho intramolecular Hbond substituents is 1. The summed E-state index contributed by atoms with van der Waals surface area (Å²) in [6, 6.07) is 3.47.